The number of halogens is 2. The van der Waals surface area contributed by atoms with Gasteiger partial charge in [0.1, 0.15) is 5.82 Å². The number of carbonyl (C=O) groups excluding carboxylic acids is 1. The molecule has 0 fully saturated rings. The summed E-state index contributed by atoms with van der Waals surface area (Å²) in [6, 6.07) is 10.7. The van der Waals surface area contributed by atoms with Crippen LogP contribution in [-0.2, 0) is 11.2 Å². The minimum absolute atomic E-state index is 0. The van der Waals surface area contributed by atoms with Gasteiger partial charge in [0.2, 0.25) is 5.91 Å². The number of nitrogens with zero attached hydrogens (tertiary/aromatic N) is 3. The average Bonchev–Trinajstić information content (AvgIpc) is 3.10. The lowest BCUT2D eigenvalue weighted by molar-refractivity contribution is -0.118. The van der Waals surface area contributed by atoms with Crippen LogP contribution in [0, 0.1) is 19.7 Å². The van der Waals surface area contributed by atoms with Gasteiger partial charge in [-0.15, -0.1) is 12.4 Å². The van der Waals surface area contributed by atoms with Crippen molar-refractivity contribution in [2.24, 2.45) is 0 Å². The highest BCUT2D eigenvalue weighted by atomic mass is 35.5. The molecule has 3 aromatic rings. The fourth-order valence-electron chi connectivity index (χ4n) is 3.36. The van der Waals surface area contributed by atoms with Crippen LogP contribution < -0.4 is 4.90 Å². The third-order valence-electron chi connectivity index (χ3n) is 5.25. The van der Waals surface area contributed by atoms with Crippen LogP contribution in [-0.4, -0.2) is 42.0 Å². The monoisotopic (exact) mass is 449 g/mol. The van der Waals surface area contributed by atoms with Crippen LogP contribution in [0.3, 0.4) is 0 Å². The van der Waals surface area contributed by atoms with E-state index in [1.54, 1.807) is 11.0 Å². The summed E-state index contributed by atoms with van der Waals surface area (Å²) in [7, 11) is 0. The van der Waals surface area contributed by atoms with E-state index < -0.39 is 0 Å². The highest BCUT2D eigenvalue weighted by molar-refractivity contribution is 7.22. The van der Waals surface area contributed by atoms with Crippen molar-refractivity contribution in [3.8, 4) is 0 Å². The molecule has 4 nitrogen and oxygen atoms in total. The average molecular weight is 450 g/mol. The molecule has 3 rings (SSSR count). The van der Waals surface area contributed by atoms with Crippen LogP contribution in [0.25, 0.3) is 10.2 Å². The van der Waals surface area contributed by atoms with Gasteiger partial charge in [0.25, 0.3) is 0 Å². The highest BCUT2D eigenvalue weighted by Gasteiger charge is 2.21. The van der Waals surface area contributed by atoms with Gasteiger partial charge in [-0.2, -0.15) is 0 Å². The molecule has 0 N–H and O–H groups in total. The van der Waals surface area contributed by atoms with E-state index in [1.165, 1.54) is 23.5 Å². The number of benzene rings is 2. The Hall–Kier alpha value is -2.02. The number of aryl methyl sites for hydroxylation is 2. The Morgan fingerprint density at radius 3 is 2.50 bits per heavy atom. The molecule has 0 aliphatic heterocycles. The normalized spacial score (nSPS) is 11.0. The summed E-state index contributed by atoms with van der Waals surface area (Å²) in [5.74, 6) is -0.269. The van der Waals surface area contributed by atoms with Crippen molar-refractivity contribution in [2.75, 3.05) is 31.1 Å². The zero-order chi connectivity index (χ0) is 21.0. The molecule has 0 aliphatic carbocycles. The van der Waals surface area contributed by atoms with Crippen LogP contribution in [0.5, 0.6) is 0 Å². The molecule has 7 heteroatoms. The summed E-state index contributed by atoms with van der Waals surface area (Å²) in [6.45, 7) is 11.5. The van der Waals surface area contributed by atoms with Crippen molar-refractivity contribution in [3.63, 3.8) is 0 Å². The van der Waals surface area contributed by atoms with E-state index in [0.717, 1.165) is 46.5 Å². The molecule has 1 aromatic heterocycles. The Morgan fingerprint density at radius 1 is 1.07 bits per heavy atom. The first kappa shape index (κ1) is 24.3. The Labute approximate surface area is 188 Å². The van der Waals surface area contributed by atoms with Gasteiger partial charge in [-0.05, 0) is 56.3 Å². The molecule has 30 heavy (non-hydrogen) atoms. The maximum Gasteiger partial charge on any atom is 0.233 e. The Balaban J connectivity index is 0.00000320. The minimum Gasteiger partial charge on any atom is -0.302 e. The lowest BCUT2D eigenvalue weighted by Crippen LogP contribution is -2.39. The van der Waals surface area contributed by atoms with Crippen LogP contribution in [0.15, 0.2) is 36.4 Å². The molecule has 2 aromatic carbocycles. The first-order valence-corrected chi connectivity index (χ1v) is 10.9. The van der Waals surface area contributed by atoms with Gasteiger partial charge in [-0.25, -0.2) is 9.37 Å². The highest BCUT2D eigenvalue weighted by Crippen LogP contribution is 2.30. The van der Waals surface area contributed by atoms with E-state index in [9.17, 15) is 9.18 Å². The molecule has 162 valence electrons. The number of carbonyl (C=O) groups is 1. The zero-order valence-electron chi connectivity index (χ0n) is 17.9. The van der Waals surface area contributed by atoms with Crippen molar-refractivity contribution < 1.29 is 9.18 Å². The maximum absolute atomic E-state index is 13.6. The van der Waals surface area contributed by atoms with E-state index in [1.807, 2.05) is 13.8 Å². The second-order valence-electron chi connectivity index (χ2n) is 7.29. The smallest absolute Gasteiger partial charge is 0.233 e. The molecule has 0 bridgehead atoms. The number of rotatable bonds is 8. The predicted octanol–water partition coefficient (Wildman–Crippen LogP) is 5.39. The molecule has 1 heterocycles. The van der Waals surface area contributed by atoms with Crippen LogP contribution in [0.4, 0.5) is 9.52 Å². The fraction of sp³-hybridized carbons (Fsp3) is 0.391. The molecular formula is C23H29ClFN3OS. The molecule has 0 aliphatic rings. The number of fused-ring (bicyclic) bond motifs is 1. The molecular weight excluding hydrogens is 421 g/mol. The van der Waals surface area contributed by atoms with Crippen molar-refractivity contribution in [3.05, 3.63) is 58.9 Å². The lowest BCUT2D eigenvalue weighted by Gasteiger charge is -2.25. The Bertz CT molecular complexity index is 1000. The third-order valence-corrected chi connectivity index (χ3v) is 6.29. The largest absolute Gasteiger partial charge is 0.302 e. The lowest BCUT2D eigenvalue weighted by atomic mass is 10.0. The van der Waals surface area contributed by atoms with Gasteiger partial charge >= 0.3 is 0 Å². The Morgan fingerprint density at radius 2 is 1.80 bits per heavy atom. The second kappa shape index (κ2) is 10.8. The summed E-state index contributed by atoms with van der Waals surface area (Å²) in [5, 5.41) is 0.632. The summed E-state index contributed by atoms with van der Waals surface area (Å²) >= 11 is 1.37. The first-order chi connectivity index (χ1) is 13.9. The second-order valence-corrected chi connectivity index (χ2v) is 8.30. The van der Waals surface area contributed by atoms with Crippen LogP contribution in [0.2, 0.25) is 0 Å². The van der Waals surface area contributed by atoms with Crippen molar-refractivity contribution >= 4 is 45.0 Å². The zero-order valence-corrected chi connectivity index (χ0v) is 19.6. The molecule has 0 unspecified atom stereocenters. The number of thiazole rings is 1. The number of likely N-dealkylation sites (N-methyl/N-ethyl adjacent to an activating group) is 1. The van der Waals surface area contributed by atoms with Gasteiger partial charge in [0.15, 0.2) is 5.13 Å². The van der Waals surface area contributed by atoms with Crippen LogP contribution >= 0.6 is 23.7 Å². The number of aromatic nitrogens is 1. The first-order valence-electron chi connectivity index (χ1n) is 10.1. The van der Waals surface area contributed by atoms with E-state index in [0.29, 0.717) is 18.1 Å². The Kier molecular flexibility index (Phi) is 8.77. The SMILES string of the molecule is CCN(CC)CCN(C(=O)Cc1cc(C)ccc1C)c1nc2ccc(F)cc2s1.Cl. The van der Waals surface area contributed by atoms with Crippen molar-refractivity contribution in [1.29, 1.82) is 0 Å². The maximum atomic E-state index is 13.6. The van der Waals surface area contributed by atoms with Gasteiger partial charge in [-0.1, -0.05) is 48.9 Å². The van der Waals surface area contributed by atoms with Crippen LogP contribution in [0.1, 0.15) is 30.5 Å². The van der Waals surface area contributed by atoms with E-state index in [2.05, 4.69) is 41.9 Å². The molecule has 0 spiro atoms. The number of hydrogen-bond acceptors (Lipinski definition) is 4. The molecule has 0 radical (unpaired) electrons. The van der Waals surface area contributed by atoms with E-state index >= 15 is 0 Å². The summed E-state index contributed by atoms with van der Waals surface area (Å²) in [5.41, 5.74) is 4.01. The van der Waals surface area contributed by atoms with Crippen molar-refractivity contribution in [1.82, 2.24) is 9.88 Å². The fourth-order valence-corrected chi connectivity index (χ4v) is 4.39. The van der Waals surface area contributed by atoms with Gasteiger partial charge in [0, 0.05) is 13.1 Å². The quantitative estimate of drug-likeness (QED) is 0.462. The number of anilines is 1. The molecule has 1 amide bonds. The molecule has 0 atom stereocenters. The van der Waals surface area contributed by atoms with Crippen molar-refractivity contribution in [2.45, 2.75) is 34.1 Å². The standard InChI is InChI=1S/C23H28FN3OS.ClH/c1-5-26(6-2)11-12-27(22(28)14-18-13-16(3)7-8-17(18)4)23-25-20-10-9-19(24)15-21(20)29-23;/h7-10,13,15H,5-6,11-12,14H2,1-4H3;1H. The van der Waals surface area contributed by atoms with Gasteiger partial charge in [-0.3, -0.25) is 9.69 Å². The minimum atomic E-state index is -0.288. The number of hydrogen-bond donors (Lipinski definition) is 0. The van der Waals surface area contributed by atoms with Gasteiger partial charge < -0.3 is 4.90 Å². The molecule has 0 saturated carbocycles. The third kappa shape index (κ3) is 5.78. The molecule has 0 saturated heterocycles. The summed E-state index contributed by atoms with van der Waals surface area (Å²) < 4.78 is 14.4. The van der Waals surface area contributed by atoms with Gasteiger partial charge in [0.05, 0.1) is 16.6 Å². The van der Waals surface area contributed by atoms with E-state index in [4.69, 9.17) is 0 Å². The number of amides is 1. The summed E-state index contributed by atoms with van der Waals surface area (Å²) in [6.07, 6.45) is 0.329. The topological polar surface area (TPSA) is 36.4 Å². The predicted molar refractivity (Wildman–Crippen MR) is 127 cm³/mol. The summed E-state index contributed by atoms with van der Waals surface area (Å²) in [4.78, 5) is 22.0. The van der Waals surface area contributed by atoms with E-state index in [-0.39, 0.29) is 24.1 Å².